The highest BCUT2D eigenvalue weighted by Gasteiger charge is 2.31. The summed E-state index contributed by atoms with van der Waals surface area (Å²) in [6, 6.07) is -2.95. The molecule has 0 unspecified atom stereocenters. The van der Waals surface area contributed by atoms with Gasteiger partial charge in [-0.3, -0.25) is 4.79 Å². The molecule has 0 saturated carbocycles. The van der Waals surface area contributed by atoms with Gasteiger partial charge in [0.25, 0.3) is 0 Å². The number of carbonyl (C=O) groups excluding carboxylic acids is 3. The lowest BCUT2D eigenvalue weighted by Gasteiger charge is -2.28. The van der Waals surface area contributed by atoms with Crippen LogP contribution in [0.15, 0.2) is 11.5 Å². The summed E-state index contributed by atoms with van der Waals surface area (Å²) in [5.74, 6) is -1.28. The lowest BCUT2D eigenvalue weighted by Crippen LogP contribution is -2.57. The van der Waals surface area contributed by atoms with Gasteiger partial charge >= 0.3 is 12.0 Å². The molecule has 3 amide bonds. The van der Waals surface area contributed by atoms with Crippen molar-refractivity contribution in [1.82, 2.24) is 16.0 Å². The second-order valence-corrected chi connectivity index (χ2v) is 12.4. The van der Waals surface area contributed by atoms with Gasteiger partial charge in [0.2, 0.25) is 5.91 Å². The molecule has 0 saturated heterocycles. The van der Waals surface area contributed by atoms with Gasteiger partial charge in [0, 0.05) is 17.7 Å². The summed E-state index contributed by atoms with van der Waals surface area (Å²) < 4.78 is 28.4. The van der Waals surface area contributed by atoms with Crippen LogP contribution in [0, 0.1) is 17.8 Å². The van der Waals surface area contributed by atoms with E-state index in [-0.39, 0.29) is 17.8 Å². The minimum absolute atomic E-state index is 0.203. The number of urea groups is 1. The average molecular weight is 490 g/mol. The monoisotopic (exact) mass is 489 g/mol. The highest BCUT2D eigenvalue weighted by atomic mass is 32.2. The summed E-state index contributed by atoms with van der Waals surface area (Å²) in [5.41, 5.74) is -0.701. The SMILES string of the molecule is CC(C)C[C@@H](/C=C/S(C)(=O)=O)NC(=O)[C@@H](NC(=O)N[C@H](C(=O)OC(C)(C)C)C(C)C)C(C)C. The van der Waals surface area contributed by atoms with Gasteiger partial charge in [-0.2, -0.15) is 0 Å². The Balaban J connectivity index is 5.42. The third kappa shape index (κ3) is 13.9. The van der Waals surface area contributed by atoms with Gasteiger partial charge in [-0.25, -0.2) is 18.0 Å². The first-order valence-corrected chi connectivity index (χ1v) is 13.3. The highest BCUT2D eigenvalue weighted by molar-refractivity contribution is 7.93. The van der Waals surface area contributed by atoms with E-state index in [0.717, 1.165) is 11.7 Å². The second kappa shape index (κ2) is 13.0. The summed E-state index contributed by atoms with van der Waals surface area (Å²) in [6.07, 6.45) is 3.06. The summed E-state index contributed by atoms with van der Waals surface area (Å²) in [5, 5.41) is 9.13. The highest BCUT2D eigenvalue weighted by Crippen LogP contribution is 2.13. The molecule has 0 fully saturated rings. The standard InChI is InChI=1S/C23H43N3O6S/c1-14(2)13-17(11-12-33(10,30)31)24-20(27)18(15(3)4)25-22(29)26-19(16(5)6)21(28)32-23(7,8)9/h11-12,14-19H,13H2,1-10H3,(H,24,27)(H2,25,26,29)/b12-11+/t17-,18+,19+/m1/s1. The molecular weight excluding hydrogens is 446 g/mol. The number of rotatable bonds is 11. The van der Waals surface area contributed by atoms with Gasteiger partial charge < -0.3 is 20.7 Å². The number of amides is 3. The molecule has 192 valence electrons. The maximum atomic E-state index is 12.9. The zero-order chi connectivity index (χ0) is 26.1. The van der Waals surface area contributed by atoms with E-state index >= 15 is 0 Å². The predicted molar refractivity (Wildman–Crippen MR) is 130 cm³/mol. The van der Waals surface area contributed by atoms with Crippen molar-refractivity contribution in [2.75, 3.05) is 6.26 Å². The van der Waals surface area contributed by atoms with Crippen LogP contribution >= 0.6 is 0 Å². The topological polar surface area (TPSA) is 131 Å². The normalized spacial score (nSPS) is 15.4. The zero-order valence-corrected chi connectivity index (χ0v) is 22.5. The third-order valence-electron chi connectivity index (χ3n) is 4.46. The molecule has 0 aromatic heterocycles. The quantitative estimate of drug-likeness (QED) is 0.383. The first-order valence-electron chi connectivity index (χ1n) is 11.3. The van der Waals surface area contributed by atoms with E-state index in [0.29, 0.717) is 6.42 Å². The first kappa shape index (κ1) is 30.9. The Labute approximate surface area is 199 Å². The molecule has 0 aliphatic rings. The van der Waals surface area contributed by atoms with Crippen molar-refractivity contribution in [1.29, 1.82) is 0 Å². The van der Waals surface area contributed by atoms with Crippen LogP contribution in [0.2, 0.25) is 0 Å². The minimum atomic E-state index is -3.34. The number of hydrogen-bond donors (Lipinski definition) is 3. The van der Waals surface area contributed by atoms with Gasteiger partial charge in [-0.15, -0.1) is 0 Å². The molecule has 3 N–H and O–H groups in total. The van der Waals surface area contributed by atoms with E-state index in [1.54, 1.807) is 48.5 Å². The molecule has 0 radical (unpaired) electrons. The van der Waals surface area contributed by atoms with E-state index in [1.807, 2.05) is 13.8 Å². The summed E-state index contributed by atoms with van der Waals surface area (Å²) in [4.78, 5) is 38.1. The summed E-state index contributed by atoms with van der Waals surface area (Å²) >= 11 is 0. The molecule has 33 heavy (non-hydrogen) atoms. The van der Waals surface area contributed by atoms with Crippen molar-refractivity contribution in [3.05, 3.63) is 11.5 Å². The van der Waals surface area contributed by atoms with Gasteiger partial charge in [0.05, 0.1) is 0 Å². The number of hydrogen-bond acceptors (Lipinski definition) is 6. The van der Waals surface area contributed by atoms with Crippen molar-refractivity contribution >= 4 is 27.7 Å². The smallest absolute Gasteiger partial charge is 0.329 e. The Hall–Kier alpha value is -2.10. The zero-order valence-electron chi connectivity index (χ0n) is 21.7. The molecule has 0 aromatic rings. The molecular formula is C23H43N3O6S. The molecule has 0 aliphatic heterocycles. The van der Waals surface area contributed by atoms with Crippen LogP contribution in [-0.4, -0.2) is 56.3 Å². The Morgan fingerprint density at radius 1 is 0.879 bits per heavy atom. The molecule has 0 rings (SSSR count). The first-order chi connectivity index (χ1) is 14.8. The number of sulfone groups is 1. The van der Waals surface area contributed by atoms with E-state index in [2.05, 4.69) is 16.0 Å². The van der Waals surface area contributed by atoms with Crippen molar-refractivity contribution in [3.8, 4) is 0 Å². The van der Waals surface area contributed by atoms with Crippen molar-refractivity contribution < 1.29 is 27.5 Å². The van der Waals surface area contributed by atoms with Crippen LogP contribution in [0.4, 0.5) is 4.79 Å². The number of carbonyl (C=O) groups is 3. The number of ether oxygens (including phenoxy) is 1. The second-order valence-electron chi connectivity index (χ2n) is 10.5. The van der Waals surface area contributed by atoms with Crippen molar-refractivity contribution in [2.45, 2.75) is 92.5 Å². The predicted octanol–water partition coefficient (Wildman–Crippen LogP) is 2.77. The Kier molecular flexibility index (Phi) is 12.1. The van der Waals surface area contributed by atoms with Crippen LogP contribution in [0.1, 0.15) is 68.7 Å². The van der Waals surface area contributed by atoms with Crippen LogP contribution < -0.4 is 16.0 Å². The van der Waals surface area contributed by atoms with Crippen molar-refractivity contribution in [3.63, 3.8) is 0 Å². The Bertz CT molecular complexity index is 798. The molecule has 0 spiro atoms. The fourth-order valence-corrected chi connectivity index (χ4v) is 3.40. The number of nitrogens with one attached hydrogen (secondary N) is 3. The molecule has 0 bridgehead atoms. The van der Waals surface area contributed by atoms with E-state index in [9.17, 15) is 22.8 Å². The fourth-order valence-electron chi connectivity index (χ4n) is 2.93. The van der Waals surface area contributed by atoms with E-state index in [4.69, 9.17) is 4.74 Å². The van der Waals surface area contributed by atoms with Gasteiger partial charge in [0.1, 0.15) is 17.7 Å². The molecule has 9 nitrogen and oxygen atoms in total. The van der Waals surface area contributed by atoms with Crippen LogP contribution in [0.3, 0.4) is 0 Å². The maximum Gasteiger partial charge on any atom is 0.329 e. The number of esters is 1. The molecule has 0 aliphatic carbocycles. The van der Waals surface area contributed by atoms with Crippen molar-refractivity contribution in [2.24, 2.45) is 17.8 Å². The third-order valence-corrected chi connectivity index (χ3v) is 5.11. The van der Waals surface area contributed by atoms with Gasteiger partial charge in [0.15, 0.2) is 9.84 Å². The summed E-state index contributed by atoms with van der Waals surface area (Å²) in [7, 11) is -3.34. The maximum absolute atomic E-state index is 12.9. The van der Waals surface area contributed by atoms with Gasteiger partial charge in [-0.1, -0.05) is 47.6 Å². The molecule has 0 heterocycles. The van der Waals surface area contributed by atoms with E-state index < -0.39 is 51.5 Å². The van der Waals surface area contributed by atoms with E-state index in [1.165, 1.54) is 6.08 Å². The molecule has 3 atom stereocenters. The minimum Gasteiger partial charge on any atom is -0.458 e. The summed E-state index contributed by atoms with van der Waals surface area (Å²) in [6.45, 7) is 16.3. The molecule has 0 aromatic carbocycles. The van der Waals surface area contributed by atoms with Crippen LogP contribution in [-0.2, 0) is 24.2 Å². The lowest BCUT2D eigenvalue weighted by atomic mass is 10.0. The van der Waals surface area contributed by atoms with Crippen LogP contribution in [0.5, 0.6) is 0 Å². The molecule has 10 heteroatoms. The van der Waals surface area contributed by atoms with Gasteiger partial charge in [-0.05, 0) is 44.9 Å². The fraction of sp³-hybridized carbons (Fsp3) is 0.783. The Morgan fingerprint density at radius 2 is 1.36 bits per heavy atom. The largest absolute Gasteiger partial charge is 0.458 e. The Morgan fingerprint density at radius 3 is 1.76 bits per heavy atom. The van der Waals surface area contributed by atoms with Crippen LogP contribution in [0.25, 0.3) is 0 Å². The average Bonchev–Trinajstić information content (AvgIpc) is 2.58. The lowest BCUT2D eigenvalue weighted by molar-refractivity contribution is -0.158.